The molecule has 1 fully saturated rings. The van der Waals surface area contributed by atoms with E-state index >= 15 is 0 Å². The van der Waals surface area contributed by atoms with E-state index in [2.05, 4.69) is 23.7 Å². The molecule has 1 N–H and O–H groups in total. The zero-order valence-electron chi connectivity index (χ0n) is 15.9. The van der Waals surface area contributed by atoms with Crippen molar-refractivity contribution in [3.05, 3.63) is 58.9 Å². The number of benzene rings is 1. The van der Waals surface area contributed by atoms with Crippen LogP contribution in [0.2, 0.25) is 0 Å². The summed E-state index contributed by atoms with van der Waals surface area (Å²) < 4.78 is 2.06. The van der Waals surface area contributed by atoms with Crippen molar-refractivity contribution in [2.24, 2.45) is 0 Å². The SMILES string of the molecule is CCc1ccccc1N1C(=O)NC(=O)/C(=C/c2cc(C)n(C(C)C)c2)C1=O. The van der Waals surface area contributed by atoms with Crippen LogP contribution in [0.3, 0.4) is 0 Å². The molecule has 0 saturated carbocycles. The van der Waals surface area contributed by atoms with Gasteiger partial charge < -0.3 is 4.57 Å². The molecule has 0 aliphatic carbocycles. The Morgan fingerprint density at radius 3 is 2.48 bits per heavy atom. The quantitative estimate of drug-likeness (QED) is 0.665. The van der Waals surface area contributed by atoms with Gasteiger partial charge in [-0.25, -0.2) is 9.69 Å². The van der Waals surface area contributed by atoms with Crippen LogP contribution in [0.4, 0.5) is 10.5 Å². The van der Waals surface area contributed by atoms with Crippen LogP contribution in [0, 0.1) is 6.92 Å². The van der Waals surface area contributed by atoms with Gasteiger partial charge in [0, 0.05) is 17.9 Å². The molecule has 6 heteroatoms. The summed E-state index contributed by atoms with van der Waals surface area (Å²) in [5.41, 5.74) is 3.08. The predicted molar refractivity (Wildman–Crippen MR) is 104 cm³/mol. The number of rotatable bonds is 4. The van der Waals surface area contributed by atoms with Gasteiger partial charge in [0.1, 0.15) is 5.57 Å². The monoisotopic (exact) mass is 365 g/mol. The summed E-state index contributed by atoms with van der Waals surface area (Å²) in [6.07, 6.45) is 4.10. The van der Waals surface area contributed by atoms with Gasteiger partial charge in [-0.2, -0.15) is 0 Å². The maximum Gasteiger partial charge on any atom is 0.335 e. The van der Waals surface area contributed by atoms with Crippen LogP contribution in [0.15, 0.2) is 42.1 Å². The zero-order chi connectivity index (χ0) is 19.7. The van der Waals surface area contributed by atoms with E-state index in [1.807, 2.05) is 38.2 Å². The molecule has 0 unspecified atom stereocenters. The van der Waals surface area contributed by atoms with E-state index in [4.69, 9.17) is 0 Å². The first-order chi connectivity index (χ1) is 12.8. The lowest BCUT2D eigenvalue weighted by Crippen LogP contribution is -2.54. The molecule has 2 heterocycles. The number of urea groups is 1. The van der Waals surface area contributed by atoms with E-state index < -0.39 is 17.8 Å². The summed E-state index contributed by atoms with van der Waals surface area (Å²) in [7, 11) is 0. The summed E-state index contributed by atoms with van der Waals surface area (Å²) in [6, 6.07) is 8.65. The van der Waals surface area contributed by atoms with Crippen molar-refractivity contribution >= 4 is 29.6 Å². The number of carbonyl (C=O) groups is 3. The van der Waals surface area contributed by atoms with Crippen molar-refractivity contribution < 1.29 is 14.4 Å². The van der Waals surface area contributed by atoms with Gasteiger partial charge in [0.05, 0.1) is 5.69 Å². The van der Waals surface area contributed by atoms with Crippen molar-refractivity contribution in [2.75, 3.05) is 4.90 Å². The number of carbonyl (C=O) groups excluding carboxylic acids is 3. The van der Waals surface area contributed by atoms with E-state index in [9.17, 15) is 14.4 Å². The Bertz CT molecular complexity index is 953. The highest BCUT2D eigenvalue weighted by atomic mass is 16.2. The number of barbiturate groups is 1. The van der Waals surface area contributed by atoms with Crippen molar-refractivity contribution in [3.63, 3.8) is 0 Å². The molecule has 4 amide bonds. The first-order valence-corrected chi connectivity index (χ1v) is 9.01. The molecule has 0 atom stereocenters. The van der Waals surface area contributed by atoms with Crippen LogP contribution in [0.25, 0.3) is 6.08 Å². The van der Waals surface area contributed by atoms with Gasteiger partial charge >= 0.3 is 6.03 Å². The molecule has 27 heavy (non-hydrogen) atoms. The summed E-state index contributed by atoms with van der Waals surface area (Å²) in [5.74, 6) is -1.29. The van der Waals surface area contributed by atoms with Gasteiger partial charge in [0.25, 0.3) is 11.8 Å². The Balaban J connectivity index is 2.04. The van der Waals surface area contributed by atoms with Gasteiger partial charge in [-0.05, 0) is 56.5 Å². The normalized spacial score (nSPS) is 16.4. The molecular weight excluding hydrogens is 342 g/mol. The highest BCUT2D eigenvalue weighted by Crippen LogP contribution is 2.26. The van der Waals surface area contributed by atoms with Gasteiger partial charge in [-0.1, -0.05) is 25.1 Å². The summed E-state index contributed by atoms with van der Waals surface area (Å²) in [5, 5.41) is 2.28. The number of aryl methyl sites for hydroxylation is 2. The number of para-hydroxylation sites is 1. The minimum Gasteiger partial charge on any atom is -0.349 e. The van der Waals surface area contributed by atoms with Gasteiger partial charge in [0.15, 0.2) is 0 Å². The number of amides is 4. The maximum absolute atomic E-state index is 13.0. The maximum atomic E-state index is 13.0. The molecule has 6 nitrogen and oxygen atoms in total. The highest BCUT2D eigenvalue weighted by Gasteiger charge is 2.37. The minimum absolute atomic E-state index is 0.0542. The number of hydrogen-bond donors (Lipinski definition) is 1. The fourth-order valence-corrected chi connectivity index (χ4v) is 3.32. The topological polar surface area (TPSA) is 71.4 Å². The van der Waals surface area contributed by atoms with Crippen LogP contribution >= 0.6 is 0 Å². The van der Waals surface area contributed by atoms with E-state index in [1.165, 1.54) is 6.08 Å². The second-order valence-corrected chi connectivity index (χ2v) is 6.86. The zero-order valence-corrected chi connectivity index (χ0v) is 15.9. The molecule has 0 radical (unpaired) electrons. The number of hydrogen-bond acceptors (Lipinski definition) is 3. The van der Waals surface area contributed by atoms with Gasteiger partial charge in [-0.15, -0.1) is 0 Å². The molecule has 1 aromatic heterocycles. The van der Waals surface area contributed by atoms with Crippen molar-refractivity contribution in [2.45, 2.75) is 40.2 Å². The Morgan fingerprint density at radius 1 is 1.15 bits per heavy atom. The number of nitrogens with zero attached hydrogens (tertiary/aromatic N) is 2. The fourth-order valence-electron chi connectivity index (χ4n) is 3.32. The highest BCUT2D eigenvalue weighted by molar-refractivity contribution is 6.39. The molecular formula is C21H23N3O3. The summed E-state index contributed by atoms with van der Waals surface area (Å²) in [6.45, 7) is 8.04. The molecule has 1 aromatic carbocycles. The van der Waals surface area contributed by atoms with Crippen molar-refractivity contribution in [1.82, 2.24) is 9.88 Å². The first-order valence-electron chi connectivity index (χ1n) is 9.01. The van der Waals surface area contributed by atoms with Crippen LogP contribution < -0.4 is 10.2 Å². The average molecular weight is 365 g/mol. The molecule has 0 bridgehead atoms. The van der Waals surface area contributed by atoms with E-state index in [0.717, 1.165) is 21.7 Å². The van der Waals surface area contributed by atoms with Crippen LogP contribution in [0.5, 0.6) is 0 Å². The summed E-state index contributed by atoms with van der Waals surface area (Å²) >= 11 is 0. The second kappa shape index (κ2) is 7.23. The third kappa shape index (κ3) is 3.43. The smallest absolute Gasteiger partial charge is 0.335 e. The van der Waals surface area contributed by atoms with E-state index in [0.29, 0.717) is 12.1 Å². The minimum atomic E-state index is -0.723. The Hall–Kier alpha value is -3.15. The van der Waals surface area contributed by atoms with Gasteiger partial charge in [0.2, 0.25) is 0 Å². The molecule has 140 valence electrons. The van der Waals surface area contributed by atoms with Crippen LogP contribution in [-0.2, 0) is 16.0 Å². The van der Waals surface area contributed by atoms with E-state index in [-0.39, 0.29) is 11.6 Å². The Kier molecular flexibility index (Phi) is 4.99. The summed E-state index contributed by atoms with van der Waals surface area (Å²) in [4.78, 5) is 38.7. The van der Waals surface area contributed by atoms with Crippen LogP contribution in [0.1, 0.15) is 43.6 Å². The lowest BCUT2D eigenvalue weighted by molar-refractivity contribution is -0.122. The molecule has 1 aliphatic heterocycles. The number of aromatic nitrogens is 1. The second-order valence-electron chi connectivity index (χ2n) is 6.86. The number of anilines is 1. The lowest BCUT2D eigenvalue weighted by Gasteiger charge is -2.27. The average Bonchev–Trinajstić information content (AvgIpc) is 2.99. The Morgan fingerprint density at radius 2 is 1.85 bits per heavy atom. The van der Waals surface area contributed by atoms with Crippen LogP contribution in [-0.4, -0.2) is 22.4 Å². The van der Waals surface area contributed by atoms with E-state index in [1.54, 1.807) is 12.1 Å². The first kappa shape index (κ1) is 18.6. The number of imide groups is 2. The number of nitrogens with one attached hydrogen (secondary N) is 1. The fraction of sp³-hybridized carbons (Fsp3) is 0.286. The Labute approximate surface area is 158 Å². The standard InChI is InChI=1S/C21H23N3O3/c1-5-16-8-6-7-9-18(16)24-20(26)17(19(25)22-21(24)27)11-15-10-14(4)23(12-15)13(2)3/h6-13H,5H2,1-4H3,(H,22,25,27)/b17-11-. The largest absolute Gasteiger partial charge is 0.349 e. The molecule has 1 saturated heterocycles. The molecule has 3 rings (SSSR count). The molecule has 1 aliphatic rings. The predicted octanol–water partition coefficient (Wildman–Crippen LogP) is 3.61. The van der Waals surface area contributed by atoms with Gasteiger partial charge in [-0.3, -0.25) is 14.9 Å². The third-order valence-electron chi connectivity index (χ3n) is 4.65. The molecule has 0 spiro atoms. The molecule has 2 aromatic rings. The van der Waals surface area contributed by atoms with Crippen molar-refractivity contribution in [3.8, 4) is 0 Å². The lowest BCUT2D eigenvalue weighted by atomic mass is 10.1. The third-order valence-corrected chi connectivity index (χ3v) is 4.65. The van der Waals surface area contributed by atoms with Crippen molar-refractivity contribution in [1.29, 1.82) is 0 Å².